The van der Waals surface area contributed by atoms with Crippen molar-refractivity contribution in [1.82, 2.24) is 14.9 Å². The maximum Gasteiger partial charge on any atom is 0.341 e. The van der Waals surface area contributed by atoms with Gasteiger partial charge >= 0.3 is 5.97 Å². The molecule has 0 spiro atoms. The van der Waals surface area contributed by atoms with Crippen molar-refractivity contribution in [3.63, 3.8) is 0 Å². The molecule has 2 N–H and O–H groups in total. The number of hydrogen-bond acceptors (Lipinski definition) is 5. The molecule has 0 amide bonds. The lowest BCUT2D eigenvalue weighted by Crippen LogP contribution is -2.43. The summed E-state index contributed by atoms with van der Waals surface area (Å²) >= 11 is 0. The largest absolute Gasteiger partial charge is 0.477 e. The highest BCUT2D eigenvalue weighted by Crippen LogP contribution is 2.36. The SMILES string of the molecule is O=C(O)c1cn(C2CC2)c2nc(N3CCNCC3)ccc2c1=O. The number of carboxylic acid groups (broad SMARTS) is 1. The molecule has 1 aliphatic heterocycles. The lowest BCUT2D eigenvalue weighted by Gasteiger charge is -2.28. The molecule has 2 aromatic heterocycles. The maximum absolute atomic E-state index is 12.4. The Morgan fingerprint density at radius 2 is 2.00 bits per heavy atom. The zero-order valence-electron chi connectivity index (χ0n) is 12.7. The van der Waals surface area contributed by atoms with E-state index in [0.717, 1.165) is 44.8 Å². The number of pyridine rings is 2. The van der Waals surface area contributed by atoms with Gasteiger partial charge in [0.1, 0.15) is 17.0 Å². The van der Waals surface area contributed by atoms with Crippen molar-refractivity contribution >= 4 is 22.8 Å². The van der Waals surface area contributed by atoms with Crippen molar-refractivity contribution in [2.45, 2.75) is 18.9 Å². The van der Waals surface area contributed by atoms with Gasteiger partial charge in [0.2, 0.25) is 5.43 Å². The molecule has 1 saturated carbocycles. The molecule has 0 atom stereocenters. The summed E-state index contributed by atoms with van der Waals surface area (Å²) in [6, 6.07) is 3.78. The molecule has 3 heterocycles. The summed E-state index contributed by atoms with van der Waals surface area (Å²) in [7, 11) is 0. The van der Waals surface area contributed by atoms with Gasteiger partial charge in [0.15, 0.2) is 0 Å². The number of anilines is 1. The van der Waals surface area contributed by atoms with Crippen LogP contribution in [0.3, 0.4) is 0 Å². The van der Waals surface area contributed by atoms with Crippen molar-refractivity contribution in [3.05, 3.63) is 34.1 Å². The quantitative estimate of drug-likeness (QED) is 0.873. The molecular formula is C16H18N4O3. The number of rotatable bonds is 3. The average Bonchev–Trinajstić information content (AvgIpc) is 3.40. The Kier molecular flexibility index (Phi) is 3.30. The Morgan fingerprint density at radius 3 is 2.65 bits per heavy atom. The molecular weight excluding hydrogens is 296 g/mol. The number of piperazine rings is 1. The highest BCUT2D eigenvalue weighted by molar-refractivity contribution is 5.92. The van der Waals surface area contributed by atoms with Crippen LogP contribution in [0.15, 0.2) is 23.1 Å². The molecule has 2 aliphatic rings. The zero-order valence-corrected chi connectivity index (χ0v) is 12.7. The lowest BCUT2D eigenvalue weighted by molar-refractivity contribution is 0.0695. The first-order valence-corrected chi connectivity index (χ1v) is 7.90. The summed E-state index contributed by atoms with van der Waals surface area (Å²) in [5.41, 5.74) is -0.0385. The van der Waals surface area contributed by atoms with E-state index in [9.17, 15) is 14.7 Å². The summed E-state index contributed by atoms with van der Waals surface area (Å²) in [5.74, 6) is -0.339. The van der Waals surface area contributed by atoms with Gasteiger partial charge in [-0.3, -0.25) is 4.79 Å². The third-order valence-electron chi connectivity index (χ3n) is 4.47. The van der Waals surface area contributed by atoms with Crippen LogP contribution in [-0.2, 0) is 0 Å². The van der Waals surface area contributed by atoms with Crippen LogP contribution in [0.5, 0.6) is 0 Å². The summed E-state index contributed by atoms with van der Waals surface area (Å²) in [6.45, 7) is 3.57. The number of nitrogens with one attached hydrogen (secondary N) is 1. The lowest BCUT2D eigenvalue weighted by atomic mass is 10.2. The summed E-state index contributed by atoms with van der Waals surface area (Å²) in [6.07, 6.45) is 3.45. The standard InChI is InChI=1S/C16H18N4O3/c21-14-11-3-4-13(19-7-5-17-6-8-19)18-15(11)20(10-1-2-10)9-12(14)16(22)23/h3-4,9-10,17H,1-2,5-8H2,(H,22,23). The fourth-order valence-electron chi connectivity index (χ4n) is 3.07. The van der Waals surface area contributed by atoms with Gasteiger partial charge in [-0.25, -0.2) is 9.78 Å². The van der Waals surface area contributed by atoms with Crippen LogP contribution in [0.25, 0.3) is 11.0 Å². The van der Waals surface area contributed by atoms with Gasteiger partial charge in [-0.1, -0.05) is 0 Å². The summed E-state index contributed by atoms with van der Waals surface area (Å²) in [4.78, 5) is 30.6. The van der Waals surface area contributed by atoms with Crippen LogP contribution >= 0.6 is 0 Å². The normalized spacial score (nSPS) is 18.3. The van der Waals surface area contributed by atoms with Gasteiger partial charge in [-0.05, 0) is 25.0 Å². The van der Waals surface area contributed by atoms with Gasteiger partial charge in [0.25, 0.3) is 0 Å². The van der Waals surface area contributed by atoms with E-state index in [1.165, 1.54) is 6.20 Å². The fourth-order valence-corrected chi connectivity index (χ4v) is 3.07. The third-order valence-corrected chi connectivity index (χ3v) is 4.47. The van der Waals surface area contributed by atoms with Gasteiger partial charge in [0.05, 0.1) is 5.39 Å². The van der Waals surface area contributed by atoms with Crippen molar-refractivity contribution in [2.75, 3.05) is 31.1 Å². The van der Waals surface area contributed by atoms with Crippen LogP contribution in [0.1, 0.15) is 29.2 Å². The highest BCUT2D eigenvalue weighted by atomic mass is 16.4. The van der Waals surface area contributed by atoms with E-state index in [1.807, 2.05) is 10.6 Å². The Balaban J connectivity index is 1.89. The van der Waals surface area contributed by atoms with Crippen LogP contribution in [0.4, 0.5) is 5.82 Å². The van der Waals surface area contributed by atoms with E-state index in [-0.39, 0.29) is 11.6 Å². The second kappa shape index (κ2) is 5.34. The molecule has 0 radical (unpaired) electrons. The Morgan fingerprint density at radius 1 is 1.26 bits per heavy atom. The van der Waals surface area contributed by atoms with E-state index in [2.05, 4.69) is 15.2 Å². The van der Waals surface area contributed by atoms with Gasteiger partial charge < -0.3 is 19.9 Å². The number of nitrogens with zero attached hydrogens (tertiary/aromatic N) is 3. The highest BCUT2D eigenvalue weighted by Gasteiger charge is 2.27. The first kappa shape index (κ1) is 14.2. The van der Waals surface area contributed by atoms with Crippen LogP contribution in [0.2, 0.25) is 0 Å². The third kappa shape index (κ3) is 2.46. The number of aromatic carboxylic acids is 1. The number of carbonyl (C=O) groups is 1. The fraction of sp³-hybridized carbons (Fsp3) is 0.438. The molecule has 7 nitrogen and oxygen atoms in total. The number of aromatic nitrogens is 2. The molecule has 1 saturated heterocycles. The minimum absolute atomic E-state index is 0.180. The van der Waals surface area contributed by atoms with E-state index in [1.54, 1.807) is 6.07 Å². The number of fused-ring (bicyclic) bond motifs is 1. The maximum atomic E-state index is 12.4. The van der Waals surface area contributed by atoms with Crippen LogP contribution in [0, 0.1) is 0 Å². The molecule has 0 unspecified atom stereocenters. The molecule has 1 aliphatic carbocycles. The van der Waals surface area contributed by atoms with Crippen molar-refractivity contribution in [1.29, 1.82) is 0 Å². The minimum Gasteiger partial charge on any atom is -0.477 e. The molecule has 4 rings (SSSR count). The molecule has 23 heavy (non-hydrogen) atoms. The Hall–Kier alpha value is -2.41. The van der Waals surface area contributed by atoms with E-state index >= 15 is 0 Å². The second-order valence-electron chi connectivity index (χ2n) is 6.09. The summed E-state index contributed by atoms with van der Waals surface area (Å²) in [5, 5.41) is 12.9. The minimum atomic E-state index is -1.18. The van der Waals surface area contributed by atoms with Gasteiger partial charge in [-0.2, -0.15) is 0 Å². The number of carboxylic acids is 1. The van der Waals surface area contributed by atoms with Crippen LogP contribution < -0.4 is 15.6 Å². The molecule has 0 bridgehead atoms. The molecule has 0 aromatic carbocycles. The van der Waals surface area contributed by atoms with Crippen molar-refractivity contribution in [3.8, 4) is 0 Å². The summed E-state index contributed by atoms with van der Waals surface area (Å²) < 4.78 is 1.87. The average molecular weight is 314 g/mol. The Bertz CT molecular complexity index is 835. The zero-order chi connectivity index (χ0) is 16.0. The first-order chi connectivity index (χ1) is 11.1. The van der Waals surface area contributed by atoms with E-state index < -0.39 is 11.4 Å². The molecule has 7 heteroatoms. The number of hydrogen-bond donors (Lipinski definition) is 2. The molecule has 2 aromatic rings. The van der Waals surface area contributed by atoms with Crippen molar-refractivity contribution in [2.24, 2.45) is 0 Å². The van der Waals surface area contributed by atoms with Crippen molar-refractivity contribution < 1.29 is 9.90 Å². The van der Waals surface area contributed by atoms with Gasteiger partial charge in [-0.15, -0.1) is 0 Å². The van der Waals surface area contributed by atoms with E-state index in [0.29, 0.717) is 11.0 Å². The van der Waals surface area contributed by atoms with Crippen LogP contribution in [-0.4, -0.2) is 46.8 Å². The smallest absolute Gasteiger partial charge is 0.341 e. The second-order valence-corrected chi connectivity index (χ2v) is 6.09. The predicted octanol–water partition coefficient (Wildman–Crippen LogP) is 0.839. The predicted molar refractivity (Wildman–Crippen MR) is 86.3 cm³/mol. The van der Waals surface area contributed by atoms with Gasteiger partial charge in [0, 0.05) is 38.4 Å². The monoisotopic (exact) mass is 314 g/mol. The topological polar surface area (TPSA) is 87.5 Å². The first-order valence-electron chi connectivity index (χ1n) is 7.90. The Labute approximate surface area is 132 Å². The molecule has 2 fully saturated rings. The molecule has 120 valence electrons. The van der Waals surface area contributed by atoms with E-state index in [4.69, 9.17) is 0 Å².